The van der Waals surface area contributed by atoms with Crippen molar-refractivity contribution in [3.8, 4) is 0 Å². The van der Waals surface area contributed by atoms with Crippen molar-refractivity contribution in [2.75, 3.05) is 0 Å². The van der Waals surface area contributed by atoms with Gasteiger partial charge in [-0.25, -0.2) is 26.3 Å². The maximum Gasteiger partial charge on any atom is 1.00 e. The number of hydrogen-bond donors (Lipinski definition) is 2. The van der Waals surface area contributed by atoms with Crippen molar-refractivity contribution >= 4 is 88.5 Å². The summed E-state index contributed by atoms with van der Waals surface area (Å²) in [7, 11) is -8.48. The number of carbonyl (C=O) groups is 4. The molecule has 0 spiro atoms. The zero-order valence-corrected chi connectivity index (χ0v) is 38.1. The number of aliphatic carboxylic acids is 2. The molecule has 0 aliphatic carbocycles. The number of rotatable bonds is 12. The Balaban J connectivity index is 0.000000300. The van der Waals surface area contributed by atoms with Gasteiger partial charge in [0.15, 0.2) is 0 Å². The van der Waals surface area contributed by atoms with Gasteiger partial charge in [-0.1, -0.05) is 108 Å². The van der Waals surface area contributed by atoms with Gasteiger partial charge in [0.05, 0.1) is 33.6 Å². The minimum atomic E-state index is -4.24. The number of carboxylic acids is 2. The summed E-state index contributed by atoms with van der Waals surface area (Å²) in [6.45, 7) is 0. The summed E-state index contributed by atoms with van der Waals surface area (Å²) in [6, 6.07) is 35.5. The monoisotopic (exact) mass is 878 g/mol. The van der Waals surface area contributed by atoms with Crippen LogP contribution in [0, 0.1) is 11.8 Å². The molecule has 58 heavy (non-hydrogen) atoms. The van der Waals surface area contributed by atoms with Gasteiger partial charge in [0, 0.05) is 10.0 Å². The van der Waals surface area contributed by atoms with E-state index in [1.807, 2.05) is 33.7 Å². The molecule has 2 atom stereocenters. The second-order valence-corrected chi connectivity index (χ2v) is 16.6. The van der Waals surface area contributed by atoms with Crippen LogP contribution < -0.4 is 78.8 Å². The Bertz CT molecular complexity index is 2480. The van der Waals surface area contributed by atoms with Gasteiger partial charge in [0.1, 0.15) is 0 Å². The summed E-state index contributed by atoms with van der Waals surface area (Å²) in [5.74, 6) is -9.00. The molecule has 0 fully saturated rings. The minimum Gasteiger partial charge on any atom is -0.549 e. The molecule has 6 aromatic rings. The third kappa shape index (κ3) is 13.1. The third-order valence-corrected chi connectivity index (χ3v) is 11.6. The van der Waals surface area contributed by atoms with Crippen LogP contribution in [0.15, 0.2) is 143 Å². The van der Waals surface area contributed by atoms with Gasteiger partial charge in [-0.3, -0.25) is 9.59 Å². The molecule has 0 radical (unpaired) electrons. The largest absolute Gasteiger partial charge is 1.00 e. The van der Waals surface area contributed by atoms with Crippen molar-refractivity contribution in [3.05, 3.63) is 155 Å². The molecule has 2 N–H and O–H groups in total. The first-order chi connectivity index (χ1) is 26.5. The zero-order chi connectivity index (χ0) is 40.6. The van der Waals surface area contributed by atoms with E-state index in [0.717, 1.165) is 10.8 Å². The van der Waals surface area contributed by atoms with E-state index in [4.69, 9.17) is 23.2 Å². The minimum absolute atomic E-state index is 0. The summed E-state index contributed by atoms with van der Waals surface area (Å²) in [6.07, 6.45) is -0.447. The Morgan fingerprint density at radius 2 is 0.793 bits per heavy atom. The van der Waals surface area contributed by atoms with Crippen LogP contribution in [0.4, 0.5) is 0 Å². The SMILES string of the molecule is O=C([O-])C(Cc1ccc(Cl)cc1)C(=O)NS(=O)(=O)c1ccc2ccccc2c1.O=C([O-])C(Cc1ccc(Cl)cc1)C(=O)NS(=O)(=O)c1ccc2ccccc2c1.[Na+].[Na+]. The molecule has 6 rings (SSSR count). The number of sulfonamides is 2. The number of amides is 2. The number of carbonyl (C=O) groups excluding carboxylic acids is 4. The van der Waals surface area contributed by atoms with E-state index < -0.39 is 55.6 Å². The smallest absolute Gasteiger partial charge is 0.549 e. The first-order valence-electron chi connectivity index (χ1n) is 16.5. The van der Waals surface area contributed by atoms with E-state index in [0.29, 0.717) is 31.9 Å². The predicted octanol–water partition coefficient (Wildman–Crippen LogP) is -2.18. The van der Waals surface area contributed by atoms with Crippen LogP contribution in [0.2, 0.25) is 10.0 Å². The molecule has 0 saturated carbocycles. The number of fused-ring (bicyclic) bond motifs is 2. The number of benzene rings is 6. The van der Waals surface area contributed by atoms with Crippen molar-refractivity contribution in [2.24, 2.45) is 11.8 Å². The molecule has 288 valence electrons. The van der Waals surface area contributed by atoms with E-state index in [1.165, 1.54) is 24.3 Å². The van der Waals surface area contributed by atoms with Gasteiger partial charge < -0.3 is 19.8 Å². The van der Waals surface area contributed by atoms with Crippen molar-refractivity contribution < 1.29 is 105 Å². The van der Waals surface area contributed by atoms with E-state index in [1.54, 1.807) is 84.9 Å². The maximum atomic E-state index is 12.5. The summed E-state index contributed by atoms with van der Waals surface area (Å²) in [4.78, 5) is 47.3. The van der Waals surface area contributed by atoms with Gasteiger partial charge in [0.25, 0.3) is 20.0 Å². The second kappa shape index (κ2) is 21.5. The second-order valence-electron chi connectivity index (χ2n) is 12.4. The number of carboxylic acid groups (broad SMARTS) is 2. The number of hydrogen-bond acceptors (Lipinski definition) is 10. The molecule has 0 heterocycles. The molecule has 0 aromatic heterocycles. The van der Waals surface area contributed by atoms with Crippen LogP contribution in [0.5, 0.6) is 0 Å². The standard InChI is InChI=1S/2C20H16ClNO5S.2Na/c2*21-16-8-5-13(6-9-16)11-18(20(24)25)19(23)22-28(26,27)17-10-7-14-3-1-2-4-15(14)12-17;;/h2*1-10,12,18H,11H2,(H,22,23)(H,24,25);;/q;;2*+1/p-2. The fourth-order valence-electron chi connectivity index (χ4n) is 5.47. The predicted molar refractivity (Wildman–Crippen MR) is 206 cm³/mol. The Labute approximate surface area is 388 Å². The van der Waals surface area contributed by atoms with Crippen molar-refractivity contribution in [1.29, 1.82) is 0 Å². The fraction of sp³-hybridized carbons (Fsp3) is 0.100. The average molecular weight is 880 g/mol. The summed E-state index contributed by atoms with van der Waals surface area (Å²) < 4.78 is 53.9. The molecular weight excluding hydrogens is 849 g/mol. The molecule has 0 aliphatic heterocycles. The Morgan fingerprint density at radius 3 is 1.10 bits per heavy atom. The Kier molecular flexibility index (Phi) is 18.0. The van der Waals surface area contributed by atoms with E-state index in [9.17, 15) is 46.2 Å². The topological polar surface area (TPSA) is 207 Å². The number of nitrogens with one attached hydrogen (secondary N) is 2. The molecule has 18 heteroatoms. The Morgan fingerprint density at radius 1 is 0.483 bits per heavy atom. The maximum absolute atomic E-state index is 12.5. The quantitative estimate of drug-likeness (QED) is 0.101. The number of halogens is 2. The zero-order valence-electron chi connectivity index (χ0n) is 30.9. The van der Waals surface area contributed by atoms with Crippen molar-refractivity contribution in [1.82, 2.24) is 9.44 Å². The molecule has 0 saturated heterocycles. The average Bonchev–Trinajstić information content (AvgIpc) is 3.16. The molecular formula is C40H30Cl2N2Na2O10S2. The van der Waals surface area contributed by atoms with Crippen LogP contribution in [0.25, 0.3) is 21.5 Å². The van der Waals surface area contributed by atoms with Gasteiger partial charge in [-0.15, -0.1) is 0 Å². The van der Waals surface area contributed by atoms with Gasteiger partial charge in [0.2, 0.25) is 11.8 Å². The molecule has 0 aliphatic rings. The third-order valence-electron chi connectivity index (χ3n) is 8.44. The Hall–Kier alpha value is -3.80. The summed E-state index contributed by atoms with van der Waals surface area (Å²) in [5, 5.41) is 26.8. The first-order valence-corrected chi connectivity index (χ1v) is 20.3. The van der Waals surface area contributed by atoms with Gasteiger partial charge in [-0.05, 0) is 94.0 Å². The molecule has 12 nitrogen and oxygen atoms in total. The van der Waals surface area contributed by atoms with E-state index in [-0.39, 0.29) is 81.7 Å². The van der Waals surface area contributed by atoms with Crippen molar-refractivity contribution in [3.63, 3.8) is 0 Å². The molecule has 0 bridgehead atoms. The van der Waals surface area contributed by atoms with Gasteiger partial charge in [-0.2, -0.15) is 0 Å². The van der Waals surface area contributed by atoms with E-state index in [2.05, 4.69) is 0 Å². The van der Waals surface area contributed by atoms with Crippen LogP contribution >= 0.6 is 23.2 Å². The summed E-state index contributed by atoms with van der Waals surface area (Å²) in [5.41, 5.74) is 1.02. The normalized spacial score (nSPS) is 12.0. The van der Waals surface area contributed by atoms with Gasteiger partial charge >= 0.3 is 59.1 Å². The van der Waals surface area contributed by atoms with E-state index >= 15 is 0 Å². The molecule has 2 amide bonds. The van der Waals surface area contributed by atoms with Crippen LogP contribution in [-0.2, 0) is 52.1 Å². The van der Waals surface area contributed by atoms with Crippen LogP contribution in [0.3, 0.4) is 0 Å². The van der Waals surface area contributed by atoms with Crippen LogP contribution in [-0.4, -0.2) is 40.6 Å². The fourth-order valence-corrected chi connectivity index (χ4v) is 7.83. The first kappa shape index (κ1) is 48.6. The molecule has 2 unspecified atom stereocenters. The van der Waals surface area contributed by atoms with Crippen molar-refractivity contribution in [2.45, 2.75) is 22.6 Å². The summed E-state index contributed by atoms with van der Waals surface area (Å²) >= 11 is 11.6. The van der Waals surface area contributed by atoms with Crippen LogP contribution in [0.1, 0.15) is 11.1 Å². The molecule has 6 aromatic carbocycles.